The van der Waals surface area contributed by atoms with Gasteiger partial charge in [0.25, 0.3) is 0 Å². The average Bonchev–Trinajstić information content (AvgIpc) is 2.49. The van der Waals surface area contributed by atoms with Crippen LogP contribution >= 0.6 is 0 Å². The van der Waals surface area contributed by atoms with E-state index in [2.05, 4.69) is 4.98 Å². The molecular formula is C9H8NO2S-. The lowest BCUT2D eigenvalue weighted by Crippen LogP contribution is -1.92. The number of benzene rings is 1. The largest absolute Gasteiger partial charge is 0.772 e. The van der Waals surface area contributed by atoms with E-state index in [1.807, 2.05) is 30.5 Å². The topological polar surface area (TPSA) is 55.9 Å². The Kier molecular flexibility index (Phi) is 2.16. The smallest absolute Gasteiger partial charge is 0.0456 e. The Hall–Kier alpha value is -1.13. The molecule has 4 heteroatoms. The summed E-state index contributed by atoms with van der Waals surface area (Å²) in [6.07, 6.45) is 1.84. The third-order valence-corrected chi connectivity index (χ3v) is 2.47. The predicted molar refractivity (Wildman–Crippen MR) is 50.9 cm³/mol. The molecule has 1 heterocycles. The summed E-state index contributed by atoms with van der Waals surface area (Å²) in [7, 11) is 0. The van der Waals surface area contributed by atoms with Gasteiger partial charge < -0.3 is 9.54 Å². The van der Waals surface area contributed by atoms with Crippen molar-refractivity contribution in [3.05, 3.63) is 36.0 Å². The molecular weight excluding hydrogens is 186 g/mol. The minimum atomic E-state index is -2.01. The molecule has 0 radical (unpaired) electrons. The van der Waals surface area contributed by atoms with E-state index in [1.165, 1.54) is 0 Å². The molecule has 0 bridgehead atoms. The number of nitrogens with one attached hydrogen (secondary N) is 1. The van der Waals surface area contributed by atoms with Crippen molar-refractivity contribution in [3.8, 4) is 0 Å². The first-order valence-electron chi connectivity index (χ1n) is 3.87. The van der Waals surface area contributed by atoms with Gasteiger partial charge in [0.05, 0.1) is 0 Å². The molecule has 0 fully saturated rings. The number of aromatic amines is 1. The van der Waals surface area contributed by atoms with Crippen LogP contribution in [0.25, 0.3) is 10.9 Å². The van der Waals surface area contributed by atoms with Crippen LogP contribution in [0.1, 0.15) is 5.56 Å². The maximum Gasteiger partial charge on any atom is 0.0456 e. The number of rotatable bonds is 2. The summed E-state index contributed by atoms with van der Waals surface area (Å²) >= 11 is -2.01. The van der Waals surface area contributed by atoms with E-state index in [-0.39, 0.29) is 5.75 Å². The van der Waals surface area contributed by atoms with Crippen LogP contribution in [0.5, 0.6) is 0 Å². The molecule has 13 heavy (non-hydrogen) atoms. The molecule has 1 atom stereocenters. The molecule has 2 aromatic rings. The van der Waals surface area contributed by atoms with Gasteiger partial charge >= 0.3 is 0 Å². The zero-order valence-electron chi connectivity index (χ0n) is 6.82. The summed E-state index contributed by atoms with van der Waals surface area (Å²) in [5.41, 5.74) is 1.78. The van der Waals surface area contributed by atoms with Crippen LogP contribution in [0.3, 0.4) is 0 Å². The van der Waals surface area contributed by atoms with Crippen molar-refractivity contribution in [1.29, 1.82) is 0 Å². The highest BCUT2D eigenvalue weighted by Crippen LogP contribution is 2.14. The van der Waals surface area contributed by atoms with Gasteiger partial charge in [-0.2, -0.15) is 0 Å². The number of H-pyrrole nitrogens is 1. The fourth-order valence-electron chi connectivity index (χ4n) is 1.32. The summed E-state index contributed by atoms with van der Waals surface area (Å²) in [6, 6.07) is 7.54. The molecule has 1 N–H and O–H groups in total. The molecule has 2 rings (SSSR count). The Morgan fingerprint density at radius 1 is 1.38 bits per heavy atom. The van der Waals surface area contributed by atoms with Crippen LogP contribution < -0.4 is 0 Å². The van der Waals surface area contributed by atoms with Crippen molar-refractivity contribution in [3.63, 3.8) is 0 Å². The summed E-state index contributed by atoms with van der Waals surface area (Å²) < 4.78 is 20.9. The second kappa shape index (κ2) is 3.32. The second-order valence-corrected chi connectivity index (χ2v) is 3.74. The molecule has 0 saturated carbocycles. The van der Waals surface area contributed by atoms with Gasteiger partial charge in [-0.25, -0.2) is 0 Å². The van der Waals surface area contributed by atoms with Crippen LogP contribution in [0.15, 0.2) is 30.5 Å². The first-order valence-corrected chi connectivity index (χ1v) is 5.12. The van der Waals surface area contributed by atoms with Crippen LogP contribution in [0.2, 0.25) is 0 Å². The van der Waals surface area contributed by atoms with E-state index >= 15 is 0 Å². The standard InChI is InChI=1S/C9H9NO2S/c11-13(12)6-7-1-2-8-3-4-10-9(8)5-7/h1-5,10H,6H2,(H,11,12)/p-1. The maximum atomic E-state index is 10.4. The van der Waals surface area contributed by atoms with Gasteiger partial charge in [0.1, 0.15) is 0 Å². The van der Waals surface area contributed by atoms with Crippen molar-refractivity contribution in [2.75, 3.05) is 0 Å². The molecule has 0 spiro atoms. The molecule has 1 aromatic carbocycles. The van der Waals surface area contributed by atoms with Gasteiger partial charge in [-0.05, 0) is 23.1 Å². The lowest BCUT2D eigenvalue weighted by Gasteiger charge is -2.04. The van der Waals surface area contributed by atoms with Crippen molar-refractivity contribution in [2.24, 2.45) is 0 Å². The number of fused-ring (bicyclic) bond motifs is 1. The quantitative estimate of drug-likeness (QED) is 0.737. The van der Waals surface area contributed by atoms with E-state index < -0.39 is 11.1 Å². The maximum absolute atomic E-state index is 10.4. The molecule has 0 amide bonds. The Balaban J connectivity index is 2.42. The van der Waals surface area contributed by atoms with Gasteiger partial charge in [0.2, 0.25) is 0 Å². The monoisotopic (exact) mass is 194 g/mol. The summed E-state index contributed by atoms with van der Waals surface area (Å²) in [4.78, 5) is 3.03. The van der Waals surface area contributed by atoms with E-state index in [0.717, 1.165) is 16.5 Å². The normalized spacial score (nSPS) is 13.3. The SMILES string of the molecule is O=S([O-])Cc1ccc2cc[nH]c2c1. The van der Waals surface area contributed by atoms with Crippen LogP contribution in [-0.2, 0) is 16.8 Å². The highest BCUT2D eigenvalue weighted by atomic mass is 32.2. The van der Waals surface area contributed by atoms with E-state index in [1.54, 1.807) is 0 Å². The molecule has 0 aliphatic heterocycles. The Bertz CT molecular complexity index is 450. The van der Waals surface area contributed by atoms with Crippen molar-refractivity contribution < 1.29 is 8.76 Å². The van der Waals surface area contributed by atoms with Gasteiger partial charge in [0, 0.05) is 17.5 Å². The number of hydrogen-bond acceptors (Lipinski definition) is 2. The van der Waals surface area contributed by atoms with Gasteiger partial charge in [-0.1, -0.05) is 23.2 Å². The van der Waals surface area contributed by atoms with Gasteiger partial charge in [0.15, 0.2) is 0 Å². The van der Waals surface area contributed by atoms with Crippen molar-refractivity contribution >= 4 is 22.0 Å². The molecule has 0 saturated heterocycles. The van der Waals surface area contributed by atoms with Crippen molar-refractivity contribution in [2.45, 2.75) is 5.75 Å². The summed E-state index contributed by atoms with van der Waals surface area (Å²) in [6.45, 7) is 0. The third kappa shape index (κ3) is 1.79. The highest BCUT2D eigenvalue weighted by molar-refractivity contribution is 7.78. The minimum Gasteiger partial charge on any atom is -0.772 e. The molecule has 3 nitrogen and oxygen atoms in total. The fraction of sp³-hybridized carbons (Fsp3) is 0.111. The van der Waals surface area contributed by atoms with Gasteiger partial charge in [-0.3, -0.25) is 4.21 Å². The molecule has 1 unspecified atom stereocenters. The lowest BCUT2D eigenvalue weighted by atomic mass is 10.2. The molecule has 0 aliphatic carbocycles. The first-order chi connectivity index (χ1) is 6.25. The lowest BCUT2D eigenvalue weighted by molar-refractivity contribution is 0.536. The molecule has 1 aromatic heterocycles. The minimum absolute atomic E-state index is 0.0783. The van der Waals surface area contributed by atoms with Crippen LogP contribution in [0.4, 0.5) is 0 Å². The van der Waals surface area contributed by atoms with Crippen molar-refractivity contribution in [1.82, 2.24) is 4.98 Å². The van der Waals surface area contributed by atoms with Crippen LogP contribution in [0, 0.1) is 0 Å². The zero-order chi connectivity index (χ0) is 9.26. The Morgan fingerprint density at radius 2 is 2.23 bits per heavy atom. The highest BCUT2D eigenvalue weighted by Gasteiger charge is 1.96. The zero-order valence-corrected chi connectivity index (χ0v) is 7.64. The number of hydrogen-bond donors (Lipinski definition) is 1. The average molecular weight is 194 g/mol. The van der Waals surface area contributed by atoms with Crippen LogP contribution in [-0.4, -0.2) is 13.7 Å². The van der Waals surface area contributed by atoms with E-state index in [0.29, 0.717) is 0 Å². The van der Waals surface area contributed by atoms with E-state index in [4.69, 9.17) is 0 Å². The summed E-state index contributed by atoms with van der Waals surface area (Å²) in [5.74, 6) is 0.0783. The predicted octanol–water partition coefficient (Wildman–Crippen LogP) is 1.55. The van der Waals surface area contributed by atoms with E-state index in [9.17, 15) is 8.76 Å². The summed E-state index contributed by atoms with van der Waals surface area (Å²) in [5, 5.41) is 1.10. The Morgan fingerprint density at radius 3 is 3.00 bits per heavy atom. The Labute approximate surface area is 78.1 Å². The third-order valence-electron chi connectivity index (χ3n) is 1.90. The second-order valence-electron chi connectivity index (χ2n) is 2.85. The first kappa shape index (κ1) is 8.47. The molecule has 0 aliphatic rings. The fourth-order valence-corrected chi connectivity index (χ4v) is 1.77. The molecule has 68 valence electrons. The van der Waals surface area contributed by atoms with Gasteiger partial charge in [-0.15, -0.1) is 0 Å². The number of aromatic nitrogens is 1.